The maximum Gasteiger partial charge on any atom is 0.278 e. The zero-order chi connectivity index (χ0) is 18.1. The minimum atomic E-state index is -0.213. The van der Waals surface area contributed by atoms with Crippen LogP contribution in [0.15, 0.2) is 42.6 Å². The van der Waals surface area contributed by atoms with Crippen LogP contribution in [0.5, 0.6) is 0 Å². The number of benzene rings is 1. The van der Waals surface area contributed by atoms with E-state index in [1.165, 1.54) is 4.90 Å². The summed E-state index contributed by atoms with van der Waals surface area (Å²) in [7, 11) is 0. The van der Waals surface area contributed by atoms with Crippen LogP contribution in [0.25, 0.3) is 5.57 Å². The number of hydrogen-bond donors (Lipinski definition) is 0. The van der Waals surface area contributed by atoms with Crippen molar-refractivity contribution in [2.24, 2.45) is 11.8 Å². The molecule has 25 heavy (non-hydrogen) atoms. The monoisotopic (exact) mass is 338 g/mol. The number of rotatable bonds is 4. The van der Waals surface area contributed by atoms with Gasteiger partial charge in [0.05, 0.1) is 5.57 Å². The molecule has 3 rings (SSSR count). The molecule has 0 aliphatic carbocycles. The molecule has 1 aromatic carbocycles. The fourth-order valence-corrected chi connectivity index (χ4v) is 3.98. The highest BCUT2D eigenvalue weighted by Crippen LogP contribution is 2.35. The van der Waals surface area contributed by atoms with E-state index in [9.17, 15) is 9.59 Å². The minimum absolute atomic E-state index is 0.193. The van der Waals surface area contributed by atoms with Gasteiger partial charge in [-0.3, -0.25) is 14.5 Å². The highest BCUT2D eigenvalue weighted by Gasteiger charge is 2.42. The normalized spacial score (nSPS) is 24.3. The first kappa shape index (κ1) is 17.5. The Balaban J connectivity index is 2.09. The predicted octanol–water partition coefficient (Wildman–Crippen LogP) is 3.24. The van der Waals surface area contributed by atoms with Crippen LogP contribution < -0.4 is 0 Å². The Hall–Kier alpha value is -2.36. The summed E-state index contributed by atoms with van der Waals surface area (Å²) in [5.74, 6) is 0.607. The Kier molecular flexibility index (Phi) is 4.80. The molecule has 0 N–H and O–H groups in total. The summed E-state index contributed by atoms with van der Waals surface area (Å²) in [4.78, 5) is 29.4. The Morgan fingerprint density at radius 3 is 2.24 bits per heavy atom. The summed E-state index contributed by atoms with van der Waals surface area (Å²) in [5.41, 5.74) is 3.05. The fourth-order valence-electron chi connectivity index (χ4n) is 3.98. The first-order valence-corrected chi connectivity index (χ1v) is 8.95. The van der Waals surface area contributed by atoms with Gasteiger partial charge in [0.1, 0.15) is 5.70 Å². The molecule has 1 fully saturated rings. The van der Waals surface area contributed by atoms with E-state index >= 15 is 0 Å². The van der Waals surface area contributed by atoms with Crippen LogP contribution in [0.4, 0.5) is 0 Å². The molecule has 2 aliphatic rings. The van der Waals surface area contributed by atoms with E-state index in [0.29, 0.717) is 23.1 Å². The first-order valence-electron chi connectivity index (χ1n) is 8.95. The largest absolute Gasteiger partial charge is 0.366 e. The first-order chi connectivity index (χ1) is 11.9. The summed E-state index contributed by atoms with van der Waals surface area (Å²) in [6, 6.07) is 7.83. The van der Waals surface area contributed by atoms with Gasteiger partial charge in [0.25, 0.3) is 11.8 Å². The van der Waals surface area contributed by atoms with Crippen LogP contribution in [-0.4, -0.2) is 41.2 Å². The molecule has 2 atom stereocenters. The second-order valence-corrected chi connectivity index (χ2v) is 7.45. The van der Waals surface area contributed by atoms with Gasteiger partial charge in [-0.05, 0) is 30.7 Å². The number of likely N-dealkylation sites (tertiary alicyclic amines) is 1. The minimum Gasteiger partial charge on any atom is -0.366 e. The topological polar surface area (TPSA) is 40.6 Å². The molecule has 2 unspecified atom stereocenters. The highest BCUT2D eigenvalue weighted by atomic mass is 16.2. The Morgan fingerprint density at radius 1 is 1.08 bits per heavy atom. The second-order valence-electron chi connectivity index (χ2n) is 7.45. The molecule has 4 heteroatoms. The van der Waals surface area contributed by atoms with Crippen molar-refractivity contribution in [3.8, 4) is 0 Å². The molecule has 0 radical (unpaired) electrons. The Labute approximate surface area is 149 Å². The lowest BCUT2D eigenvalue weighted by molar-refractivity contribution is -0.137. The van der Waals surface area contributed by atoms with E-state index in [0.717, 1.165) is 30.6 Å². The van der Waals surface area contributed by atoms with Gasteiger partial charge < -0.3 is 4.90 Å². The number of carbonyl (C=O) groups excluding carboxylic acids is 2. The maximum absolute atomic E-state index is 13.0. The zero-order valence-electron chi connectivity index (χ0n) is 15.3. The molecule has 0 spiro atoms. The fraction of sp³-hybridized carbons (Fsp3) is 0.429. The van der Waals surface area contributed by atoms with Gasteiger partial charge in [0.15, 0.2) is 0 Å². The van der Waals surface area contributed by atoms with Gasteiger partial charge >= 0.3 is 0 Å². The third-order valence-corrected chi connectivity index (χ3v) is 4.98. The molecule has 4 nitrogen and oxygen atoms in total. The Morgan fingerprint density at radius 2 is 1.68 bits per heavy atom. The predicted molar refractivity (Wildman–Crippen MR) is 99.5 cm³/mol. The molecule has 0 bridgehead atoms. The lowest BCUT2D eigenvalue weighted by atomic mass is 9.91. The number of imide groups is 1. The van der Waals surface area contributed by atoms with Crippen LogP contribution in [0.3, 0.4) is 0 Å². The second kappa shape index (κ2) is 6.87. The van der Waals surface area contributed by atoms with Crippen molar-refractivity contribution in [1.82, 2.24) is 9.80 Å². The molecule has 132 valence electrons. The van der Waals surface area contributed by atoms with Gasteiger partial charge in [-0.1, -0.05) is 49.8 Å². The van der Waals surface area contributed by atoms with Crippen molar-refractivity contribution >= 4 is 17.4 Å². The summed E-state index contributed by atoms with van der Waals surface area (Å²) in [5, 5.41) is 0. The average Bonchev–Trinajstić information content (AvgIpc) is 2.80. The SMILES string of the molecule is C=CCN1C(=O)C(c2ccc(C)cc2)=C(N2CC(C)CC(C)C2)C1=O. The standard InChI is InChI=1S/C21H26N2O2/c1-5-10-23-20(24)18(17-8-6-14(2)7-9-17)19(21(23)25)22-12-15(3)11-16(4)13-22/h5-9,15-16H,1,10-13H2,2-4H3. The van der Waals surface area contributed by atoms with Gasteiger partial charge in [-0.15, -0.1) is 6.58 Å². The molecule has 1 saturated heterocycles. The van der Waals surface area contributed by atoms with E-state index in [1.54, 1.807) is 6.08 Å². The van der Waals surface area contributed by atoms with Crippen molar-refractivity contribution in [2.45, 2.75) is 27.2 Å². The zero-order valence-corrected chi connectivity index (χ0v) is 15.3. The number of aryl methyl sites for hydroxylation is 1. The van der Waals surface area contributed by atoms with E-state index in [4.69, 9.17) is 0 Å². The van der Waals surface area contributed by atoms with Crippen molar-refractivity contribution in [2.75, 3.05) is 19.6 Å². The number of hydrogen-bond acceptors (Lipinski definition) is 3. The van der Waals surface area contributed by atoms with Crippen LogP contribution in [0.2, 0.25) is 0 Å². The number of carbonyl (C=O) groups is 2. The third-order valence-electron chi connectivity index (χ3n) is 4.98. The van der Waals surface area contributed by atoms with Gasteiger partial charge in [0, 0.05) is 19.6 Å². The molecular formula is C21H26N2O2. The van der Waals surface area contributed by atoms with Crippen LogP contribution in [-0.2, 0) is 9.59 Å². The van der Waals surface area contributed by atoms with Crippen LogP contribution >= 0.6 is 0 Å². The van der Waals surface area contributed by atoms with Crippen molar-refractivity contribution in [3.05, 3.63) is 53.7 Å². The maximum atomic E-state index is 13.0. The molecule has 2 heterocycles. The van der Waals surface area contributed by atoms with Crippen molar-refractivity contribution in [3.63, 3.8) is 0 Å². The van der Waals surface area contributed by atoms with E-state index < -0.39 is 0 Å². The lowest BCUT2D eigenvalue weighted by Gasteiger charge is -2.37. The third kappa shape index (κ3) is 3.26. The molecule has 1 aromatic rings. The molecule has 2 amide bonds. The highest BCUT2D eigenvalue weighted by molar-refractivity contribution is 6.35. The van der Waals surface area contributed by atoms with Crippen molar-refractivity contribution in [1.29, 1.82) is 0 Å². The number of amides is 2. The van der Waals surface area contributed by atoms with Gasteiger partial charge in [0.2, 0.25) is 0 Å². The smallest absolute Gasteiger partial charge is 0.278 e. The van der Waals surface area contributed by atoms with Crippen molar-refractivity contribution < 1.29 is 9.59 Å². The van der Waals surface area contributed by atoms with E-state index in [1.807, 2.05) is 31.2 Å². The molecule has 0 aromatic heterocycles. The summed E-state index contributed by atoms with van der Waals surface area (Å²) >= 11 is 0. The van der Waals surface area contributed by atoms with Crippen LogP contribution in [0.1, 0.15) is 31.4 Å². The average molecular weight is 338 g/mol. The van der Waals surface area contributed by atoms with E-state index in [2.05, 4.69) is 25.3 Å². The summed E-state index contributed by atoms with van der Waals surface area (Å²) in [6.07, 6.45) is 2.76. The number of piperidine rings is 1. The summed E-state index contributed by atoms with van der Waals surface area (Å²) in [6.45, 7) is 12.0. The molecule has 0 saturated carbocycles. The van der Waals surface area contributed by atoms with E-state index in [-0.39, 0.29) is 18.4 Å². The summed E-state index contributed by atoms with van der Waals surface area (Å²) < 4.78 is 0. The molecule has 2 aliphatic heterocycles. The molecular weight excluding hydrogens is 312 g/mol. The number of nitrogens with zero attached hydrogens (tertiary/aromatic N) is 2. The quantitative estimate of drug-likeness (QED) is 0.625. The Bertz CT molecular complexity index is 723. The van der Waals surface area contributed by atoms with Gasteiger partial charge in [-0.2, -0.15) is 0 Å². The van der Waals surface area contributed by atoms with Gasteiger partial charge in [-0.25, -0.2) is 0 Å². The lowest BCUT2D eigenvalue weighted by Crippen LogP contribution is -2.41. The van der Waals surface area contributed by atoms with Crippen LogP contribution in [0, 0.1) is 18.8 Å².